The molecule has 1 aromatic rings. The van der Waals surface area contributed by atoms with Crippen molar-refractivity contribution in [2.45, 2.75) is 6.92 Å². The maximum atomic E-state index is 10.7. The van der Waals surface area contributed by atoms with Crippen molar-refractivity contribution in [1.82, 2.24) is 0 Å². The van der Waals surface area contributed by atoms with Gasteiger partial charge in [0.25, 0.3) is 0 Å². The van der Waals surface area contributed by atoms with E-state index in [-0.39, 0.29) is 17.9 Å². The lowest BCUT2D eigenvalue weighted by Crippen LogP contribution is -2.22. The number of carboxylic acids is 1. The average Bonchev–Trinajstić information content (AvgIpc) is 2.18. The molecule has 0 amide bonds. The fraction of sp³-hybridized carbons (Fsp3) is 0.300. The van der Waals surface area contributed by atoms with Crippen molar-refractivity contribution in [1.29, 1.82) is 0 Å². The minimum absolute atomic E-state index is 0.173. The zero-order valence-electron chi connectivity index (χ0n) is 9.30. The van der Waals surface area contributed by atoms with E-state index in [1.54, 1.807) is 13.0 Å². The number of aromatic carboxylic acids is 1. The summed E-state index contributed by atoms with van der Waals surface area (Å²) < 4.78 is 21.4. The molecule has 0 bridgehead atoms. The van der Waals surface area contributed by atoms with Crippen LogP contribution in [0.15, 0.2) is 18.2 Å². The number of hydrogen-bond acceptors (Lipinski definition) is 4. The summed E-state index contributed by atoms with van der Waals surface area (Å²) in [6, 6.07) is 4.57. The minimum atomic E-state index is -3.49. The van der Waals surface area contributed by atoms with Crippen molar-refractivity contribution in [3.05, 3.63) is 29.3 Å². The highest BCUT2D eigenvalue weighted by molar-refractivity contribution is 7.89. The average molecular weight is 258 g/mol. The quantitative estimate of drug-likeness (QED) is 0.708. The first-order valence-electron chi connectivity index (χ1n) is 4.88. The monoisotopic (exact) mass is 258 g/mol. The summed E-state index contributed by atoms with van der Waals surface area (Å²) in [6.07, 6.45) is 0. The normalized spacial score (nSPS) is 11.2. The van der Waals surface area contributed by atoms with E-state index in [0.29, 0.717) is 5.69 Å². The van der Waals surface area contributed by atoms with E-state index in [4.69, 9.17) is 10.2 Å². The number of nitrogens with two attached hydrogens (primary N) is 1. The van der Waals surface area contributed by atoms with E-state index in [9.17, 15) is 13.2 Å². The van der Waals surface area contributed by atoms with Gasteiger partial charge in [0.1, 0.15) is 0 Å². The molecule has 0 fully saturated rings. The summed E-state index contributed by atoms with van der Waals surface area (Å²) in [4.78, 5) is 10.7. The smallest absolute Gasteiger partial charge is 0.335 e. The van der Waals surface area contributed by atoms with Crippen LogP contribution in [0, 0.1) is 6.92 Å². The first kappa shape index (κ1) is 13.5. The van der Waals surface area contributed by atoms with Crippen LogP contribution in [0.2, 0.25) is 0 Å². The maximum absolute atomic E-state index is 10.7. The zero-order valence-corrected chi connectivity index (χ0v) is 10.1. The molecule has 1 rings (SSSR count). The van der Waals surface area contributed by atoms with Gasteiger partial charge < -0.3 is 10.4 Å². The molecule has 4 N–H and O–H groups in total. The third-order valence-electron chi connectivity index (χ3n) is 2.18. The number of benzene rings is 1. The van der Waals surface area contributed by atoms with Crippen molar-refractivity contribution in [3.63, 3.8) is 0 Å². The molecule has 0 radical (unpaired) electrons. The number of carbonyl (C=O) groups is 1. The third-order valence-corrected chi connectivity index (χ3v) is 2.95. The van der Waals surface area contributed by atoms with Crippen molar-refractivity contribution in [2.24, 2.45) is 5.14 Å². The second-order valence-corrected chi connectivity index (χ2v) is 5.36. The lowest BCUT2D eigenvalue weighted by atomic mass is 10.1. The Bertz CT molecular complexity index is 525. The molecule has 0 aliphatic rings. The molecule has 0 spiro atoms. The Labute approximate surface area is 99.5 Å². The van der Waals surface area contributed by atoms with Gasteiger partial charge in [-0.3, -0.25) is 0 Å². The van der Waals surface area contributed by atoms with Gasteiger partial charge in [0.15, 0.2) is 0 Å². The number of hydrogen-bond donors (Lipinski definition) is 3. The van der Waals surface area contributed by atoms with Gasteiger partial charge in [0.05, 0.1) is 11.3 Å². The molecular weight excluding hydrogens is 244 g/mol. The molecule has 0 saturated carbocycles. The minimum Gasteiger partial charge on any atom is -0.478 e. The van der Waals surface area contributed by atoms with E-state index in [2.05, 4.69) is 5.32 Å². The van der Waals surface area contributed by atoms with Crippen molar-refractivity contribution < 1.29 is 18.3 Å². The van der Waals surface area contributed by atoms with Gasteiger partial charge in [0.2, 0.25) is 10.0 Å². The van der Waals surface area contributed by atoms with Gasteiger partial charge in [-0.2, -0.15) is 0 Å². The van der Waals surface area contributed by atoms with Crippen LogP contribution in [-0.2, 0) is 10.0 Å². The zero-order chi connectivity index (χ0) is 13.1. The summed E-state index contributed by atoms with van der Waals surface area (Å²) in [5, 5.41) is 16.5. The van der Waals surface area contributed by atoms with Gasteiger partial charge in [0, 0.05) is 12.2 Å². The van der Waals surface area contributed by atoms with Crippen molar-refractivity contribution in [2.75, 3.05) is 17.6 Å². The Balaban J connectivity index is 2.70. The molecule has 0 aliphatic heterocycles. The van der Waals surface area contributed by atoms with Gasteiger partial charge in [-0.05, 0) is 30.7 Å². The molecule has 0 heterocycles. The fourth-order valence-electron chi connectivity index (χ4n) is 1.32. The van der Waals surface area contributed by atoms with E-state index < -0.39 is 16.0 Å². The summed E-state index contributed by atoms with van der Waals surface area (Å²) in [7, 11) is -3.49. The highest BCUT2D eigenvalue weighted by Gasteiger charge is 2.06. The topological polar surface area (TPSA) is 109 Å². The molecule has 94 valence electrons. The largest absolute Gasteiger partial charge is 0.478 e. The van der Waals surface area contributed by atoms with Crippen molar-refractivity contribution >= 4 is 21.7 Å². The van der Waals surface area contributed by atoms with Crippen LogP contribution in [0.5, 0.6) is 0 Å². The predicted octanol–water partition coefficient (Wildman–Crippen LogP) is 0.394. The van der Waals surface area contributed by atoms with Crippen LogP contribution in [-0.4, -0.2) is 31.8 Å². The Hall–Kier alpha value is -1.60. The fourth-order valence-corrected chi connectivity index (χ4v) is 1.71. The molecule has 7 heteroatoms. The number of nitrogens with one attached hydrogen (secondary N) is 1. The summed E-state index contributed by atoms with van der Waals surface area (Å²) in [6.45, 7) is 1.93. The Morgan fingerprint density at radius 3 is 2.59 bits per heavy atom. The standard InChI is InChI=1S/C10H14N2O4S/c1-7-6-8(10(13)14)2-3-9(7)12-4-5-17(11,15)16/h2-3,6,12H,4-5H2,1H3,(H,13,14)(H2,11,15,16). The molecule has 17 heavy (non-hydrogen) atoms. The van der Waals surface area contributed by atoms with Crippen LogP contribution in [0.25, 0.3) is 0 Å². The van der Waals surface area contributed by atoms with Crippen LogP contribution < -0.4 is 10.5 Å². The van der Waals surface area contributed by atoms with Crippen LogP contribution in [0.3, 0.4) is 0 Å². The number of rotatable bonds is 5. The Morgan fingerprint density at radius 2 is 2.12 bits per heavy atom. The second-order valence-electron chi connectivity index (χ2n) is 3.63. The Morgan fingerprint density at radius 1 is 1.47 bits per heavy atom. The van der Waals surface area contributed by atoms with Gasteiger partial charge in [-0.1, -0.05) is 0 Å². The SMILES string of the molecule is Cc1cc(C(=O)O)ccc1NCCS(N)(=O)=O. The number of primary sulfonamides is 1. The molecular formula is C10H14N2O4S. The molecule has 0 saturated heterocycles. The first-order valence-corrected chi connectivity index (χ1v) is 6.59. The van der Waals surface area contributed by atoms with E-state index in [1.165, 1.54) is 12.1 Å². The van der Waals surface area contributed by atoms with Gasteiger partial charge in [-0.15, -0.1) is 0 Å². The second kappa shape index (κ2) is 5.15. The highest BCUT2D eigenvalue weighted by Crippen LogP contribution is 2.16. The van der Waals surface area contributed by atoms with Crippen molar-refractivity contribution in [3.8, 4) is 0 Å². The lowest BCUT2D eigenvalue weighted by molar-refractivity contribution is 0.0697. The van der Waals surface area contributed by atoms with Crippen LogP contribution in [0.4, 0.5) is 5.69 Å². The van der Waals surface area contributed by atoms with E-state index >= 15 is 0 Å². The first-order chi connectivity index (χ1) is 7.79. The van der Waals surface area contributed by atoms with Gasteiger partial charge in [-0.25, -0.2) is 18.4 Å². The third kappa shape index (κ3) is 4.41. The maximum Gasteiger partial charge on any atom is 0.335 e. The molecule has 0 atom stereocenters. The number of sulfonamides is 1. The Kier molecular flexibility index (Phi) is 4.08. The van der Waals surface area contributed by atoms with Crippen LogP contribution >= 0.6 is 0 Å². The van der Waals surface area contributed by atoms with Gasteiger partial charge >= 0.3 is 5.97 Å². The molecule has 1 aromatic carbocycles. The van der Waals surface area contributed by atoms with Crippen LogP contribution in [0.1, 0.15) is 15.9 Å². The molecule has 0 unspecified atom stereocenters. The predicted molar refractivity (Wildman–Crippen MR) is 64.6 cm³/mol. The summed E-state index contributed by atoms with van der Waals surface area (Å²) >= 11 is 0. The number of anilines is 1. The highest BCUT2D eigenvalue weighted by atomic mass is 32.2. The number of carboxylic acid groups (broad SMARTS) is 1. The summed E-state index contributed by atoms with van der Waals surface area (Å²) in [5.74, 6) is -1.17. The van der Waals surface area contributed by atoms with E-state index in [1.807, 2.05) is 0 Å². The number of aryl methyl sites for hydroxylation is 1. The lowest BCUT2D eigenvalue weighted by Gasteiger charge is -2.09. The summed E-state index contributed by atoms with van der Waals surface area (Å²) in [5.41, 5.74) is 1.62. The molecule has 0 aliphatic carbocycles. The molecule has 0 aromatic heterocycles. The molecule has 6 nitrogen and oxygen atoms in total. The van der Waals surface area contributed by atoms with E-state index in [0.717, 1.165) is 5.56 Å².